The number of aromatic nitrogens is 1. The lowest BCUT2D eigenvalue weighted by atomic mass is 9.96. The molecule has 0 radical (unpaired) electrons. The molecule has 4 rings (SSSR count). The number of nitrogens with zero attached hydrogens (tertiary/aromatic N) is 2. The summed E-state index contributed by atoms with van der Waals surface area (Å²) in [7, 11) is 0. The van der Waals surface area contributed by atoms with Crippen molar-refractivity contribution in [2.24, 2.45) is 5.92 Å². The maximum atomic E-state index is 12.4. The van der Waals surface area contributed by atoms with Crippen molar-refractivity contribution in [1.29, 1.82) is 0 Å². The number of amides is 3. The number of piperidine rings is 1. The van der Waals surface area contributed by atoms with E-state index in [9.17, 15) is 14.4 Å². The van der Waals surface area contributed by atoms with Crippen LogP contribution < -0.4 is 10.9 Å². The second-order valence-corrected chi connectivity index (χ2v) is 8.30. The Morgan fingerprint density at radius 3 is 2.68 bits per heavy atom. The molecule has 1 aliphatic carbocycles. The summed E-state index contributed by atoms with van der Waals surface area (Å²) in [5.74, 6) is -0.750. The fourth-order valence-corrected chi connectivity index (χ4v) is 4.89. The van der Waals surface area contributed by atoms with Crippen molar-refractivity contribution >= 4 is 29.1 Å². The zero-order valence-corrected chi connectivity index (χ0v) is 16.3. The molecule has 0 spiro atoms. The summed E-state index contributed by atoms with van der Waals surface area (Å²) in [5.41, 5.74) is 6.89. The molecule has 3 heterocycles. The van der Waals surface area contributed by atoms with Gasteiger partial charge in [-0.15, -0.1) is 11.3 Å². The third-order valence-corrected chi connectivity index (χ3v) is 6.57. The van der Waals surface area contributed by atoms with Crippen LogP contribution in [0.4, 0.5) is 0 Å². The van der Waals surface area contributed by atoms with Gasteiger partial charge < -0.3 is 4.90 Å². The molecule has 0 atom stereocenters. The molecule has 2 aromatic rings. The number of hydrogen-bond donors (Lipinski definition) is 2. The van der Waals surface area contributed by atoms with Crippen LogP contribution in [0, 0.1) is 5.92 Å². The monoisotopic (exact) mass is 398 g/mol. The fraction of sp³-hybridized carbons (Fsp3) is 0.400. The number of hydrazine groups is 1. The van der Waals surface area contributed by atoms with Crippen LogP contribution in [-0.2, 0) is 17.6 Å². The summed E-state index contributed by atoms with van der Waals surface area (Å²) in [5, 5.41) is 0. The van der Waals surface area contributed by atoms with Gasteiger partial charge in [-0.05, 0) is 55.9 Å². The zero-order chi connectivity index (χ0) is 19.5. The van der Waals surface area contributed by atoms with Gasteiger partial charge in [0.05, 0.1) is 10.4 Å². The van der Waals surface area contributed by atoms with Crippen LogP contribution in [0.1, 0.15) is 49.7 Å². The Hall–Kier alpha value is -2.74. The maximum absolute atomic E-state index is 12.4. The van der Waals surface area contributed by atoms with Crippen LogP contribution in [0.5, 0.6) is 0 Å². The van der Waals surface area contributed by atoms with Crippen LogP contribution >= 0.6 is 11.3 Å². The average molecular weight is 398 g/mol. The SMILES string of the molecule is O=C(NNC(=O)C1CCN(C(=O)c2cccnc2)CC1)c1cc2c(s1)CCC2. The van der Waals surface area contributed by atoms with E-state index in [0.717, 1.165) is 19.3 Å². The molecule has 0 aromatic carbocycles. The molecule has 28 heavy (non-hydrogen) atoms. The van der Waals surface area contributed by atoms with E-state index in [1.165, 1.54) is 21.8 Å². The van der Waals surface area contributed by atoms with Crippen LogP contribution in [0.2, 0.25) is 0 Å². The highest BCUT2D eigenvalue weighted by Crippen LogP contribution is 2.30. The molecule has 1 fully saturated rings. The van der Waals surface area contributed by atoms with Crippen LogP contribution in [0.15, 0.2) is 30.6 Å². The first-order valence-corrected chi connectivity index (χ1v) is 10.3. The standard InChI is InChI=1S/C20H22N4O3S/c25-18(22-23-19(26)17-11-14-3-1-5-16(14)28-17)13-6-9-24(10-7-13)20(27)15-4-2-8-21-12-15/h2,4,8,11-13H,1,3,5-7,9-10H2,(H,22,25)(H,23,26). The van der Waals surface area contributed by atoms with Gasteiger partial charge in [0.15, 0.2) is 0 Å². The molecule has 1 saturated heterocycles. The number of fused-ring (bicyclic) bond motifs is 1. The van der Waals surface area contributed by atoms with Gasteiger partial charge in [0, 0.05) is 36.3 Å². The van der Waals surface area contributed by atoms with E-state index in [1.54, 1.807) is 29.4 Å². The Labute approximate surface area is 167 Å². The quantitative estimate of drug-likeness (QED) is 0.773. The van der Waals surface area contributed by atoms with E-state index >= 15 is 0 Å². The Bertz CT molecular complexity index is 867. The normalized spacial score (nSPS) is 16.5. The Balaban J connectivity index is 1.25. The molecular formula is C20H22N4O3S. The largest absolute Gasteiger partial charge is 0.339 e. The molecule has 7 nitrogen and oxygen atoms in total. The third kappa shape index (κ3) is 3.91. The van der Waals surface area contributed by atoms with E-state index in [-0.39, 0.29) is 23.6 Å². The van der Waals surface area contributed by atoms with E-state index in [1.807, 2.05) is 6.07 Å². The fourth-order valence-electron chi connectivity index (χ4n) is 3.74. The van der Waals surface area contributed by atoms with Crippen molar-refractivity contribution in [1.82, 2.24) is 20.7 Å². The number of carbonyl (C=O) groups is 3. The molecule has 2 aliphatic rings. The lowest BCUT2D eigenvalue weighted by Gasteiger charge is -2.31. The number of nitrogens with one attached hydrogen (secondary N) is 2. The number of likely N-dealkylation sites (tertiary alicyclic amines) is 1. The molecule has 2 N–H and O–H groups in total. The Kier molecular flexibility index (Phi) is 5.38. The number of thiophene rings is 1. The van der Waals surface area contributed by atoms with Crippen LogP contribution in [0.3, 0.4) is 0 Å². The number of hydrogen-bond acceptors (Lipinski definition) is 5. The van der Waals surface area contributed by atoms with Gasteiger partial charge in [0.1, 0.15) is 0 Å². The predicted octanol–water partition coefficient (Wildman–Crippen LogP) is 1.95. The van der Waals surface area contributed by atoms with Crippen molar-refractivity contribution < 1.29 is 14.4 Å². The zero-order valence-electron chi connectivity index (χ0n) is 15.4. The first kappa shape index (κ1) is 18.6. The van der Waals surface area contributed by atoms with Gasteiger partial charge in [0.2, 0.25) is 5.91 Å². The minimum absolute atomic E-state index is 0.0639. The van der Waals surface area contributed by atoms with Crippen molar-refractivity contribution in [3.05, 3.63) is 51.5 Å². The first-order valence-electron chi connectivity index (χ1n) is 9.53. The Morgan fingerprint density at radius 1 is 1.14 bits per heavy atom. The van der Waals surface area contributed by atoms with Gasteiger partial charge >= 0.3 is 0 Å². The highest BCUT2D eigenvalue weighted by molar-refractivity contribution is 7.14. The lowest BCUT2D eigenvalue weighted by molar-refractivity contribution is -0.127. The molecule has 3 amide bonds. The van der Waals surface area contributed by atoms with Gasteiger partial charge in [-0.2, -0.15) is 0 Å². The van der Waals surface area contributed by atoms with Crippen molar-refractivity contribution in [2.45, 2.75) is 32.1 Å². The Morgan fingerprint density at radius 2 is 1.96 bits per heavy atom. The number of pyridine rings is 1. The lowest BCUT2D eigenvalue weighted by Crippen LogP contribution is -2.48. The van der Waals surface area contributed by atoms with Gasteiger partial charge in [-0.1, -0.05) is 0 Å². The summed E-state index contributed by atoms with van der Waals surface area (Å²) in [6.07, 6.45) is 7.55. The van der Waals surface area contributed by atoms with Crippen LogP contribution in [-0.4, -0.2) is 40.7 Å². The minimum atomic E-state index is -0.267. The molecular weight excluding hydrogens is 376 g/mol. The molecule has 1 aliphatic heterocycles. The topological polar surface area (TPSA) is 91.4 Å². The summed E-state index contributed by atoms with van der Waals surface area (Å²) < 4.78 is 0. The molecule has 0 saturated carbocycles. The van der Waals surface area contributed by atoms with Crippen LogP contribution in [0.25, 0.3) is 0 Å². The number of aryl methyl sites for hydroxylation is 2. The summed E-state index contributed by atoms with van der Waals surface area (Å²) in [4.78, 5) is 44.7. The minimum Gasteiger partial charge on any atom is -0.339 e. The maximum Gasteiger partial charge on any atom is 0.279 e. The molecule has 0 bridgehead atoms. The summed E-state index contributed by atoms with van der Waals surface area (Å²) >= 11 is 1.51. The average Bonchev–Trinajstić information content (AvgIpc) is 3.34. The molecule has 2 aromatic heterocycles. The first-order chi connectivity index (χ1) is 13.6. The molecule has 146 valence electrons. The summed E-state index contributed by atoms with van der Waals surface area (Å²) in [6, 6.07) is 5.40. The third-order valence-electron chi connectivity index (χ3n) is 5.33. The highest BCUT2D eigenvalue weighted by Gasteiger charge is 2.28. The van der Waals surface area contributed by atoms with Crippen molar-refractivity contribution in [3.63, 3.8) is 0 Å². The van der Waals surface area contributed by atoms with E-state index < -0.39 is 0 Å². The predicted molar refractivity (Wildman–Crippen MR) is 105 cm³/mol. The van der Waals surface area contributed by atoms with Gasteiger partial charge in [-0.3, -0.25) is 30.2 Å². The highest BCUT2D eigenvalue weighted by atomic mass is 32.1. The second-order valence-electron chi connectivity index (χ2n) is 7.16. The smallest absolute Gasteiger partial charge is 0.279 e. The van der Waals surface area contributed by atoms with E-state index in [4.69, 9.17) is 0 Å². The second kappa shape index (κ2) is 8.10. The van der Waals surface area contributed by atoms with E-state index in [0.29, 0.717) is 36.4 Å². The van der Waals surface area contributed by atoms with Crippen molar-refractivity contribution in [2.75, 3.05) is 13.1 Å². The van der Waals surface area contributed by atoms with Gasteiger partial charge in [0.25, 0.3) is 11.8 Å². The van der Waals surface area contributed by atoms with E-state index in [2.05, 4.69) is 15.8 Å². The number of rotatable bonds is 3. The molecule has 8 heteroatoms. The molecule has 0 unspecified atom stereocenters. The summed E-state index contributed by atoms with van der Waals surface area (Å²) in [6.45, 7) is 1.02. The number of carbonyl (C=O) groups excluding carboxylic acids is 3. The van der Waals surface area contributed by atoms with Crippen molar-refractivity contribution in [3.8, 4) is 0 Å². The van der Waals surface area contributed by atoms with Gasteiger partial charge in [-0.25, -0.2) is 0 Å².